The predicted molar refractivity (Wildman–Crippen MR) is 121 cm³/mol. The Morgan fingerprint density at radius 3 is 2.33 bits per heavy atom. The van der Waals surface area contributed by atoms with Crippen LogP contribution in [-0.4, -0.2) is 18.0 Å². The van der Waals surface area contributed by atoms with Gasteiger partial charge in [0.1, 0.15) is 12.4 Å². The van der Waals surface area contributed by atoms with E-state index in [0.29, 0.717) is 23.2 Å². The van der Waals surface area contributed by atoms with Crippen LogP contribution >= 0.6 is 23.2 Å². The van der Waals surface area contributed by atoms with E-state index in [1.807, 2.05) is 30.3 Å². The van der Waals surface area contributed by atoms with Gasteiger partial charge in [-0.15, -0.1) is 0 Å². The lowest BCUT2D eigenvalue weighted by Crippen LogP contribution is -2.21. The highest BCUT2D eigenvalue weighted by atomic mass is 35.5. The molecule has 3 rings (SSSR count). The van der Waals surface area contributed by atoms with E-state index in [4.69, 9.17) is 27.9 Å². The number of ether oxygens (including phenoxy) is 1. The number of benzene rings is 3. The van der Waals surface area contributed by atoms with Crippen molar-refractivity contribution in [3.63, 3.8) is 0 Å². The second kappa shape index (κ2) is 10.8. The van der Waals surface area contributed by atoms with E-state index in [1.54, 1.807) is 24.3 Å². The van der Waals surface area contributed by atoms with Crippen molar-refractivity contribution >= 4 is 34.6 Å². The Morgan fingerprint density at radius 1 is 0.933 bits per heavy atom. The lowest BCUT2D eigenvalue weighted by atomic mass is 10.2. The molecule has 3 aromatic rings. The van der Waals surface area contributed by atoms with Crippen molar-refractivity contribution in [3.05, 3.63) is 98.0 Å². The summed E-state index contributed by atoms with van der Waals surface area (Å²) >= 11 is 12.1. The maximum Gasteiger partial charge on any atom is 0.269 e. The topological polar surface area (TPSA) is 76.4 Å². The number of nitrogens with one attached hydrogen (secondary N) is 2. The van der Waals surface area contributed by atoms with Gasteiger partial charge in [-0.1, -0.05) is 41.4 Å². The lowest BCUT2D eigenvalue weighted by Gasteiger charge is -2.10. The van der Waals surface area contributed by atoms with Gasteiger partial charge in [0.05, 0.1) is 4.92 Å². The number of nitrogens with zero attached hydrogens (tertiary/aromatic N) is 1. The van der Waals surface area contributed by atoms with Crippen LogP contribution in [0.2, 0.25) is 10.0 Å². The van der Waals surface area contributed by atoms with Crippen LogP contribution in [0.5, 0.6) is 5.75 Å². The highest BCUT2D eigenvalue weighted by molar-refractivity contribution is 6.35. The Labute approximate surface area is 184 Å². The summed E-state index contributed by atoms with van der Waals surface area (Å²) in [5.41, 5.74) is 2.96. The fourth-order valence-electron chi connectivity index (χ4n) is 2.73. The molecule has 0 saturated heterocycles. The van der Waals surface area contributed by atoms with E-state index in [1.165, 1.54) is 12.1 Å². The normalized spacial score (nSPS) is 10.6. The standard InChI is InChI=1S/C22H21Cl2N3O3/c23-18-4-3-17(22(24)13-18)15-30-21-9-1-16(2-10-21)14-25-11-12-26-19-5-7-20(8-6-19)27(28)29/h1-10,13,25-26H,11-12,14-15H2. The number of hydrogen-bond donors (Lipinski definition) is 2. The number of non-ortho nitro benzene ring substituents is 1. The molecular weight excluding hydrogens is 425 g/mol. The van der Waals surface area contributed by atoms with Gasteiger partial charge in [0.15, 0.2) is 0 Å². The molecule has 6 nitrogen and oxygen atoms in total. The van der Waals surface area contributed by atoms with Crippen LogP contribution in [0.4, 0.5) is 11.4 Å². The maximum absolute atomic E-state index is 10.7. The molecule has 0 amide bonds. The maximum atomic E-state index is 10.7. The molecule has 0 bridgehead atoms. The highest BCUT2D eigenvalue weighted by Crippen LogP contribution is 2.23. The highest BCUT2D eigenvalue weighted by Gasteiger charge is 2.04. The zero-order valence-corrected chi connectivity index (χ0v) is 17.6. The first-order valence-corrected chi connectivity index (χ1v) is 10.1. The molecule has 0 aliphatic carbocycles. The van der Waals surface area contributed by atoms with Gasteiger partial charge in [0.25, 0.3) is 5.69 Å². The molecule has 3 aromatic carbocycles. The summed E-state index contributed by atoms with van der Waals surface area (Å²) < 4.78 is 5.78. The molecule has 30 heavy (non-hydrogen) atoms. The predicted octanol–water partition coefficient (Wildman–Crippen LogP) is 5.68. The average molecular weight is 446 g/mol. The third kappa shape index (κ3) is 6.62. The van der Waals surface area contributed by atoms with Crippen molar-refractivity contribution in [1.82, 2.24) is 5.32 Å². The van der Waals surface area contributed by atoms with Crippen molar-refractivity contribution < 1.29 is 9.66 Å². The molecule has 0 fully saturated rings. The van der Waals surface area contributed by atoms with E-state index in [-0.39, 0.29) is 5.69 Å². The Balaban J connectivity index is 1.36. The third-order valence-electron chi connectivity index (χ3n) is 4.37. The largest absolute Gasteiger partial charge is 0.489 e. The van der Waals surface area contributed by atoms with E-state index in [2.05, 4.69) is 10.6 Å². The van der Waals surface area contributed by atoms with Crippen LogP contribution < -0.4 is 15.4 Å². The SMILES string of the molecule is O=[N+]([O-])c1ccc(NCCNCc2ccc(OCc3ccc(Cl)cc3Cl)cc2)cc1. The quantitative estimate of drug-likeness (QED) is 0.238. The number of nitro groups is 1. The molecule has 0 aliphatic heterocycles. The van der Waals surface area contributed by atoms with Crippen LogP contribution in [-0.2, 0) is 13.2 Å². The van der Waals surface area contributed by atoms with Gasteiger partial charge >= 0.3 is 0 Å². The van der Waals surface area contributed by atoms with Crippen LogP contribution in [0.1, 0.15) is 11.1 Å². The zero-order chi connectivity index (χ0) is 21.3. The van der Waals surface area contributed by atoms with Crippen molar-refractivity contribution in [2.24, 2.45) is 0 Å². The van der Waals surface area contributed by atoms with E-state index >= 15 is 0 Å². The van der Waals surface area contributed by atoms with Crippen molar-refractivity contribution in [2.75, 3.05) is 18.4 Å². The fourth-order valence-corrected chi connectivity index (χ4v) is 3.20. The summed E-state index contributed by atoms with van der Waals surface area (Å²) in [7, 11) is 0. The molecular formula is C22H21Cl2N3O3. The molecule has 0 saturated carbocycles. The molecule has 8 heteroatoms. The summed E-state index contributed by atoms with van der Waals surface area (Å²) in [5.74, 6) is 0.768. The molecule has 0 radical (unpaired) electrons. The van der Waals surface area contributed by atoms with Gasteiger partial charge in [-0.25, -0.2) is 0 Å². The lowest BCUT2D eigenvalue weighted by molar-refractivity contribution is -0.384. The minimum Gasteiger partial charge on any atom is -0.489 e. The Bertz CT molecular complexity index is 980. The molecule has 0 heterocycles. The monoisotopic (exact) mass is 445 g/mol. The summed E-state index contributed by atoms with van der Waals surface area (Å²) in [5, 5.41) is 18.4. The van der Waals surface area contributed by atoms with E-state index in [0.717, 1.165) is 35.7 Å². The molecule has 2 N–H and O–H groups in total. The minimum absolute atomic E-state index is 0.0855. The van der Waals surface area contributed by atoms with Gasteiger partial charge in [-0.05, 0) is 42.0 Å². The number of halogens is 2. The first-order valence-electron chi connectivity index (χ1n) is 9.36. The molecule has 0 aliphatic rings. The van der Waals surface area contributed by atoms with Gasteiger partial charge in [0, 0.05) is 53.1 Å². The van der Waals surface area contributed by atoms with Crippen LogP contribution in [0.3, 0.4) is 0 Å². The first-order chi connectivity index (χ1) is 14.5. The third-order valence-corrected chi connectivity index (χ3v) is 4.96. The minimum atomic E-state index is -0.408. The Morgan fingerprint density at radius 2 is 1.67 bits per heavy atom. The van der Waals surface area contributed by atoms with Crippen molar-refractivity contribution in [1.29, 1.82) is 0 Å². The Kier molecular flexibility index (Phi) is 7.90. The number of anilines is 1. The first kappa shape index (κ1) is 21.9. The van der Waals surface area contributed by atoms with Gasteiger partial charge in [0.2, 0.25) is 0 Å². The second-order valence-corrected chi connectivity index (χ2v) is 7.42. The van der Waals surface area contributed by atoms with Gasteiger partial charge < -0.3 is 15.4 Å². The van der Waals surface area contributed by atoms with Gasteiger partial charge in [-0.3, -0.25) is 10.1 Å². The summed E-state index contributed by atoms with van der Waals surface area (Å²) in [6.45, 7) is 2.57. The number of hydrogen-bond acceptors (Lipinski definition) is 5. The molecule has 0 aromatic heterocycles. The van der Waals surface area contributed by atoms with Gasteiger partial charge in [-0.2, -0.15) is 0 Å². The van der Waals surface area contributed by atoms with Crippen molar-refractivity contribution in [3.8, 4) is 5.75 Å². The summed E-state index contributed by atoms with van der Waals surface area (Å²) in [6, 6.07) is 19.6. The zero-order valence-electron chi connectivity index (χ0n) is 16.1. The molecule has 0 atom stereocenters. The van der Waals surface area contributed by atoms with Crippen molar-refractivity contribution in [2.45, 2.75) is 13.2 Å². The summed E-state index contributed by atoms with van der Waals surface area (Å²) in [4.78, 5) is 10.2. The van der Waals surface area contributed by atoms with Crippen LogP contribution in [0.25, 0.3) is 0 Å². The molecule has 156 valence electrons. The van der Waals surface area contributed by atoms with Crippen LogP contribution in [0.15, 0.2) is 66.7 Å². The number of rotatable bonds is 10. The summed E-state index contributed by atoms with van der Waals surface area (Å²) in [6.07, 6.45) is 0. The average Bonchev–Trinajstić information content (AvgIpc) is 2.74. The van der Waals surface area contributed by atoms with E-state index < -0.39 is 4.92 Å². The second-order valence-electron chi connectivity index (χ2n) is 6.58. The van der Waals surface area contributed by atoms with E-state index in [9.17, 15) is 10.1 Å². The number of nitro benzene ring substituents is 1. The van der Waals surface area contributed by atoms with Crippen LogP contribution in [0, 0.1) is 10.1 Å². The smallest absolute Gasteiger partial charge is 0.269 e. The fraction of sp³-hybridized carbons (Fsp3) is 0.182. The molecule has 0 spiro atoms. The Hall–Kier alpha value is -2.80. The molecule has 0 unspecified atom stereocenters.